The lowest BCUT2D eigenvalue weighted by atomic mass is 10.0. The molecular formula is C18H22N4. The van der Waals surface area contributed by atoms with E-state index in [1.54, 1.807) is 0 Å². The van der Waals surface area contributed by atoms with Crippen LogP contribution in [0.3, 0.4) is 0 Å². The van der Waals surface area contributed by atoms with Crippen LogP contribution in [0.5, 0.6) is 0 Å². The van der Waals surface area contributed by atoms with E-state index in [0.29, 0.717) is 5.92 Å². The number of pyridine rings is 1. The van der Waals surface area contributed by atoms with Crippen LogP contribution in [-0.2, 0) is 7.05 Å². The molecule has 114 valence electrons. The van der Waals surface area contributed by atoms with E-state index in [-0.39, 0.29) is 6.04 Å². The van der Waals surface area contributed by atoms with E-state index >= 15 is 0 Å². The summed E-state index contributed by atoms with van der Waals surface area (Å²) in [6.45, 7) is 4.37. The Morgan fingerprint density at radius 2 is 1.82 bits per heavy atom. The van der Waals surface area contributed by atoms with Gasteiger partial charge in [0, 0.05) is 19.4 Å². The summed E-state index contributed by atoms with van der Waals surface area (Å²) in [6, 6.07) is 10.3. The normalized spacial score (nSPS) is 13.0. The monoisotopic (exact) mass is 294 g/mol. The lowest BCUT2D eigenvalue weighted by Crippen LogP contribution is -2.17. The van der Waals surface area contributed by atoms with E-state index in [9.17, 15) is 0 Å². The number of benzene rings is 1. The lowest BCUT2D eigenvalue weighted by Gasteiger charge is -2.13. The molecule has 0 aliphatic rings. The number of fused-ring (bicyclic) bond motifs is 1. The predicted molar refractivity (Wildman–Crippen MR) is 90.3 cm³/mol. The average molecular weight is 294 g/mol. The van der Waals surface area contributed by atoms with Crippen molar-refractivity contribution in [2.24, 2.45) is 18.7 Å². The van der Waals surface area contributed by atoms with Crippen molar-refractivity contribution in [3.63, 3.8) is 0 Å². The van der Waals surface area contributed by atoms with Gasteiger partial charge < -0.3 is 10.3 Å². The number of rotatable bonds is 4. The number of hydrogen-bond donors (Lipinski definition) is 1. The van der Waals surface area contributed by atoms with Gasteiger partial charge in [-0.2, -0.15) is 0 Å². The van der Waals surface area contributed by atoms with E-state index in [0.717, 1.165) is 28.8 Å². The number of aromatic nitrogens is 3. The van der Waals surface area contributed by atoms with Crippen molar-refractivity contribution < 1.29 is 0 Å². The van der Waals surface area contributed by atoms with Crippen LogP contribution >= 0.6 is 0 Å². The second-order valence-corrected chi connectivity index (χ2v) is 6.20. The Morgan fingerprint density at radius 1 is 1.09 bits per heavy atom. The smallest absolute Gasteiger partial charge is 0.126 e. The van der Waals surface area contributed by atoms with Crippen LogP contribution in [-0.4, -0.2) is 14.5 Å². The molecule has 2 heterocycles. The van der Waals surface area contributed by atoms with Gasteiger partial charge in [-0.05, 0) is 47.7 Å². The van der Waals surface area contributed by atoms with Crippen LogP contribution in [0.2, 0.25) is 0 Å². The summed E-state index contributed by atoms with van der Waals surface area (Å²) in [4.78, 5) is 8.80. The Balaban J connectivity index is 2.04. The van der Waals surface area contributed by atoms with Crippen LogP contribution in [0.1, 0.15) is 32.1 Å². The Hall–Kier alpha value is -2.20. The summed E-state index contributed by atoms with van der Waals surface area (Å²) in [7, 11) is 2.04. The molecule has 1 aromatic carbocycles. The fourth-order valence-corrected chi connectivity index (χ4v) is 2.88. The minimum Gasteiger partial charge on any atom is -0.330 e. The summed E-state index contributed by atoms with van der Waals surface area (Å²) in [5.41, 5.74) is 10.8. The summed E-state index contributed by atoms with van der Waals surface area (Å²) in [5.74, 6) is 1.51. The molecule has 3 aromatic rings. The van der Waals surface area contributed by atoms with E-state index in [1.165, 1.54) is 5.56 Å². The van der Waals surface area contributed by atoms with Crippen molar-refractivity contribution in [2.75, 3.05) is 0 Å². The minimum atomic E-state index is -0.0261. The van der Waals surface area contributed by atoms with E-state index in [2.05, 4.69) is 41.6 Å². The van der Waals surface area contributed by atoms with Crippen molar-refractivity contribution >= 4 is 11.0 Å². The molecule has 2 aromatic heterocycles. The molecule has 0 spiro atoms. The molecule has 4 nitrogen and oxygen atoms in total. The van der Waals surface area contributed by atoms with E-state index in [4.69, 9.17) is 10.7 Å². The van der Waals surface area contributed by atoms with Crippen LogP contribution in [0.4, 0.5) is 0 Å². The quantitative estimate of drug-likeness (QED) is 0.798. The van der Waals surface area contributed by atoms with Gasteiger partial charge in [-0.25, -0.2) is 4.98 Å². The van der Waals surface area contributed by atoms with Gasteiger partial charge in [0.15, 0.2) is 0 Å². The first-order valence-corrected chi connectivity index (χ1v) is 7.68. The molecule has 22 heavy (non-hydrogen) atoms. The second kappa shape index (κ2) is 5.89. The highest BCUT2D eigenvalue weighted by Gasteiger charge is 2.16. The van der Waals surface area contributed by atoms with Crippen molar-refractivity contribution in [2.45, 2.75) is 26.3 Å². The summed E-state index contributed by atoms with van der Waals surface area (Å²) >= 11 is 0. The zero-order valence-electron chi connectivity index (χ0n) is 13.3. The van der Waals surface area contributed by atoms with Gasteiger partial charge in [0.05, 0.1) is 17.1 Å². The van der Waals surface area contributed by atoms with Gasteiger partial charge in [-0.15, -0.1) is 0 Å². The molecule has 0 amide bonds. The largest absolute Gasteiger partial charge is 0.330 e. The first kappa shape index (κ1) is 14.7. The molecule has 0 saturated heterocycles. The Labute approximate surface area is 131 Å². The molecule has 0 saturated carbocycles. The number of imidazole rings is 1. The van der Waals surface area contributed by atoms with E-state index < -0.39 is 0 Å². The average Bonchev–Trinajstić information content (AvgIpc) is 2.84. The predicted octanol–water partition coefficient (Wildman–Crippen LogP) is 3.68. The van der Waals surface area contributed by atoms with Crippen molar-refractivity contribution in [1.82, 2.24) is 14.5 Å². The SMILES string of the molecule is CC(C)CC(N)c1nc2ccc(-c3ccncc3)cc2n1C. The number of nitrogens with zero attached hydrogens (tertiary/aromatic N) is 3. The zero-order chi connectivity index (χ0) is 15.7. The number of hydrogen-bond acceptors (Lipinski definition) is 3. The topological polar surface area (TPSA) is 56.7 Å². The molecule has 1 atom stereocenters. The minimum absolute atomic E-state index is 0.0261. The lowest BCUT2D eigenvalue weighted by molar-refractivity contribution is 0.485. The first-order chi connectivity index (χ1) is 10.6. The van der Waals surface area contributed by atoms with Gasteiger partial charge in [0.1, 0.15) is 5.82 Å². The molecular weight excluding hydrogens is 272 g/mol. The molecule has 0 radical (unpaired) electrons. The van der Waals surface area contributed by atoms with Gasteiger partial charge >= 0.3 is 0 Å². The molecule has 2 N–H and O–H groups in total. The molecule has 0 bridgehead atoms. The molecule has 3 rings (SSSR count). The Morgan fingerprint density at radius 3 is 2.50 bits per heavy atom. The van der Waals surface area contributed by atoms with Crippen molar-refractivity contribution in [1.29, 1.82) is 0 Å². The first-order valence-electron chi connectivity index (χ1n) is 7.68. The second-order valence-electron chi connectivity index (χ2n) is 6.20. The fraction of sp³-hybridized carbons (Fsp3) is 0.333. The van der Waals surface area contributed by atoms with E-state index in [1.807, 2.05) is 31.6 Å². The van der Waals surface area contributed by atoms with Gasteiger partial charge in [-0.1, -0.05) is 19.9 Å². The van der Waals surface area contributed by atoms with Crippen LogP contribution < -0.4 is 5.73 Å². The Kier molecular flexibility index (Phi) is 3.94. The maximum Gasteiger partial charge on any atom is 0.126 e. The molecule has 4 heteroatoms. The highest BCUT2D eigenvalue weighted by molar-refractivity contribution is 5.82. The number of aryl methyl sites for hydroxylation is 1. The fourth-order valence-electron chi connectivity index (χ4n) is 2.88. The molecule has 1 unspecified atom stereocenters. The van der Waals surface area contributed by atoms with Gasteiger partial charge in [0.25, 0.3) is 0 Å². The van der Waals surface area contributed by atoms with Crippen LogP contribution in [0.25, 0.3) is 22.2 Å². The third-order valence-electron chi connectivity index (χ3n) is 3.99. The maximum atomic E-state index is 6.32. The highest BCUT2D eigenvalue weighted by atomic mass is 15.1. The molecule has 0 fully saturated rings. The number of nitrogens with two attached hydrogens (primary N) is 1. The molecule has 0 aliphatic heterocycles. The van der Waals surface area contributed by atoms with Gasteiger partial charge in [-0.3, -0.25) is 4.98 Å². The highest BCUT2D eigenvalue weighted by Crippen LogP contribution is 2.27. The third kappa shape index (κ3) is 2.74. The zero-order valence-corrected chi connectivity index (χ0v) is 13.3. The van der Waals surface area contributed by atoms with Crippen molar-refractivity contribution in [3.05, 3.63) is 48.5 Å². The van der Waals surface area contributed by atoms with Crippen molar-refractivity contribution in [3.8, 4) is 11.1 Å². The molecule has 0 aliphatic carbocycles. The summed E-state index contributed by atoms with van der Waals surface area (Å²) in [5, 5.41) is 0. The van der Waals surface area contributed by atoms with Crippen LogP contribution in [0, 0.1) is 5.92 Å². The maximum absolute atomic E-state index is 6.32. The summed E-state index contributed by atoms with van der Waals surface area (Å²) < 4.78 is 2.12. The third-order valence-corrected chi connectivity index (χ3v) is 3.99. The summed E-state index contributed by atoms with van der Waals surface area (Å²) in [6.07, 6.45) is 4.56. The van der Waals surface area contributed by atoms with Crippen LogP contribution in [0.15, 0.2) is 42.7 Å². The standard InChI is InChI=1S/C18H22N4/c1-12(2)10-15(19)18-21-16-5-4-14(11-17(16)22(18)3)13-6-8-20-9-7-13/h4-9,11-12,15H,10,19H2,1-3H3. The van der Waals surface area contributed by atoms with Gasteiger partial charge in [0.2, 0.25) is 0 Å². The Bertz CT molecular complexity index is 774.